The molecule has 1 aromatic rings. The Morgan fingerprint density at radius 2 is 2.26 bits per heavy atom. The van der Waals surface area contributed by atoms with E-state index in [0.717, 1.165) is 22.7 Å². The second-order valence-corrected chi connectivity index (χ2v) is 5.90. The van der Waals surface area contributed by atoms with Crippen LogP contribution in [0.15, 0.2) is 29.3 Å². The predicted octanol–water partition coefficient (Wildman–Crippen LogP) is 3.14. The van der Waals surface area contributed by atoms with Gasteiger partial charge in [0.05, 0.1) is 18.7 Å². The van der Waals surface area contributed by atoms with Crippen LogP contribution < -0.4 is 5.32 Å². The van der Waals surface area contributed by atoms with E-state index in [2.05, 4.69) is 26.2 Å². The van der Waals surface area contributed by atoms with Gasteiger partial charge in [0.25, 0.3) is 0 Å². The van der Waals surface area contributed by atoms with Crippen LogP contribution >= 0.6 is 27.7 Å². The number of rotatable bonds is 4. The van der Waals surface area contributed by atoms with E-state index in [-0.39, 0.29) is 5.97 Å². The lowest BCUT2D eigenvalue weighted by Gasteiger charge is -2.07. The number of anilines is 1. The van der Waals surface area contributed by atoms with Crippen molar-refractivity contribution >= 4 is 44.5 Å². The van der Waals surface area contributed by atoms with E-state index in [1.807, 2.05) is 12.1 Å². The normalized spacial score (nSPS) is 18.0. The molecule has 2 rings (SSSR count). The maximum absolute atomic E-state index is 11.5. The summed E-state index contributed by atoms with van der Waals surface area (Å²) >= 11 is 5.18. The Balaban J connectivity index is 1.94. The number of nitrogens with zero attached hydrogens (tertiary/aromatic N) is 1. The Bertz CT molecular complexity index is 476. The number of carbonyl (C=O) groups excluding carboxylic acids is 1. The fourth-order valence-electron chi connectivity index (χ4n) is 1.59. The number of halogens is 1. The average molecular weight is 343 g/mol. The zero-order chi connectivity index (χ0) is 13.7. The number of amidine groups is 1. The lowest BCUT2D eigenvalue weighted by molar-refractivity contribution is 0.0526. The molecule has 4 nitrogen and oxygen atoms in total. The predicted molar refractivity (Wildman–Crippen MR) is 83.5 cm³/mol. The molecule has 0 fully saturated rings. The van der Waals surface area contributed by atoms with Crippen molar-refractivity contribution in [3.63, 3.8) is 0 Å². The second-order valence-electron chi connectivity index (χ2n) is 3.96. The largest absolute Gasteiger partial charge is 0.462 e. The summed E-state index contributed by atoms with van der Waals surface area (Å²) in [5.74, 6) is -0.291. The minimum Gasteiger partial charge on any atom is -0.462 e. The summed E-state index contributed by atoms with van der Waals surface area (Å²) in [6, 6.07) is 7.22. The monoisotopic (exact) mass is 342 g/mol. The fourth-order valence-corrected chi connectivity index (χ4v) is 3.05. The lowest BCUT2D eigenvalue weighted by atomic mass is 10.2. The number of thioether (sulfide) groups is 1. The van der Waals surface area contributed by atoms with Gasteiger partial charge in [0.2, 0.25) is 0 Å². The van der Waals surface area contributed by atoms with Crippen LogP contribution in [-0.2, 0) is 4.74 Å². The third-order valence-electron chi connectivity index (χ3n) is 2.54. The van der Waals surface area contributed by atoms with Crippen LogP contribution in [-0.4, -0.2) is 34.9 Å². The van der Waals surface area contributed by atoms with E-state index in [1.54, 1.807) is 30.8 Å². The van der Waals surface area contributed by atoms with Crippen molar-refractivity contribution < 1.29 is 9.53 Å². The molecule has 0 aliphatic carbocycles. The minimum absolute atomic E-state index is 0.291. The molecule has 1 N–H and O–H groups in total. The highest BCUT2D eigenvalue weighted by Gasteiger charge is 2.18. The third-order valence-corrected chi connectivity index (χ3v) is 4.85. The molecule has 0 radical (unpaired) electrons. The molecule has 0 saturated carbocycles. The molecule has 1 aliphatic heterocycles. The van der Waals surface area contributed by atoms with Gasteiger partial charge in [0.15, 0.2) is 5.17 Å². The van der Waals surface area contributed by atoms with Crippen LogP contribution in [0.4, 0.5) is 5.69 Å². The van der Waals surface area contributed by atoms with Crippen LogP contribution in [0.3, 0.4) is 0 Å². The van der Waals surface area contributed by atoms with Gasteiger partial charge in [-0.15, -0.1) is 0 Å². The zero-order valence-corrected chi connectivity index (χ0v) is 13.0. The first-order valence-electron chi connectivity index (χ1n) is 6.04. The van der Waals surface area contributed by atoms with Crippen molar-refractivity contribution in [2.75, 3.05) is 23.8 Å². The molecule has 0 aromatic heterocycles. The smallest absolute Gasteiger partial charge is 0.338 e. The third kappa shape index (κ3) is 3.98. The Hall–Kier alpha value is -1.01. The quantitative estimate of drug-likeness (QED) is 0.674. The van der Waals surface area contributed by atoms with Crippen molar-refractivity contribution in [3.05, 3.63) is 29.8 Å². The zero-order valence-electron chi connectivity index (χ0n) is 10.6. The van der Waals surface area contributed by atoms with E-state index in [1.165, 1.54) is 0 Å². The van der Waals surface area contributed by atoms with Gasteiger partial charge in [-0.25, -0.2) is 4.79 Å². The number of esters is 1. The van der Waals surface area contributed by atoms with Crippen LogP contribution in [0.2, 0.25) is 0 Å². The average Bonchev–Trinajstić information content (AvgIpc) is 2.87. The number of hydrogen-bond donors (Lipinski definition) is 1. The van der Waals surface area contributed by atoms with E-state index in [9.17, 15) is 4.79 Å². The van der Waals surface area contributed by atoms with Gasteiger partial charge >= 0.3 is 5.97 Å². The molecule has 102 valence electrons. The number of hydrogen-bond acceptors (Lipinski definition) is 5. The van der Waals surface area contributed by atoms with Crippen molar-refractivity contribution in [1.82, 2.24) is 0 Å². The van der Waals surface area contributed by atoms with Gasteiger partial charge in [0.1, 0.15) is 0 Å². The molecule has 1 heterocycles. The van der Waals surface area contributed by atoms with Gasteiger partial charge < -0.3 is 10.1 Å². The lowest BCUT2D eigenvalue weighted by Crippen LogP contribution is -2.09. The number of carbonyl (C=O) groups is 1. The molecule has 0 amide bonds. The molecule has 6 heteroatoms. The highest BCUT2D eigenvalue weighted by Crippen LogP contribution is 2.24. The van der Waals surface area contributed by atoms with E-state index < -0.39 is 0 Å². The standard InChI is InChI=1S/C13H15BrN2O2S/c1-2-18-12(17)9-3-5-10(6-4-9)16-13-15-8-11(7-14)19-13/h3-6,11H,2,7-8H2,1H3,(H,15,16)/t11-/m0/s1. The molecule has 19 heavy (non-hydrogen) atoms. The molecule has 1 atom stereocenters. The maximum atomic E-state index is 11.5. The summed E-state index contributed by atoms with van der Waals surface area (Å²) in [7, 11) is 0. The molecular formula is C13H15BrN2O2S. The van der Waals surface area contributed by atoms with Gasteiger partial charge in [-0.1, -0.05) is 27.7 Å². The summed E-state index contributed by atoms with van der Waals surface area (Å²) in [5, 5.41) is 5.61. The van der Waals surface area contributed by atoms with Crippen LogP contribution in [0, 0.1) is 0 Å². The number of benzene rings is 1. The molecular weight excluding hydrogens is 328 g/mol. The van der Waals surface area contributed by atoms with Crippen molar-refractivity contribution in [2.45, 2.75) is 12.2 Å². The highest BCUT2D eigenvalue weighted by atomic mass is 79.9. The Labute approximate surface area is 125 Å². The van der Waals surface area contributed by atoms with Crippen LogP contribution in [0.1, 0.15) is 17.3 Å². The summed E-state index contributed by atoms with van der Waals surface area (Å²) < 4.78 is 4.94. The first kappa shape index (κ1) is 14.4. The Kier molecular flexibility index (Phi) is 5.27. The maximum Gasteiger partial charge on any atom is 0.338 e. The summed E-state index contributed by atoms with van der Waals surface area (Å²) in [4.78, 5) is 15.9. The second kappa shape index (κ2) is 6.96. The fraction of sp³-hybridized carbons (Fsp3) is 0.385. The summed E-state index contributed by atoms with van der Waals surface area (Å²) in [6.07, 6.45) is 0. The van der Waals surface area contributed by atoms with E-state index in [0.29, 0.717) is 17.4 Å². The Morgan fingerprint density at radius 3 is 2.84 bits per heavy atom. The van der Waals surface area contributed by atoms with E-state index in [4.69, 9.17) is 4.74 Å². The topological polar surface area (TPSA) is 50.7 Å². The van der Waals surface area contributed by atoms with E-state index >= 15 is 0 Å². The summed E-state index contributed by atoms with van der Waals surface area (Å²) in [5.41, 5.74) is 1.49. The van der Waals surface area contributed by atoms with Crippen LogP contribution in [0.5, 0.6) is 0 Å². The van der Waals surface area contributed by atoms with Gasteiger partial charge in [-0.05, 0) is 31.2 Å². The first-order valence-corrected chi connectivity index (χ1v) is 8.04. The van der Waals surface area contributed by atoms with Crippen molar-refractivity contribution in [2.24, 2.45) is 4.99 Å². The number of alkyl halides is 1. The van der Waals surface area contributed by atoms with Gasteiger partial charge in [-0.3, -0.25) is 4.99 Å². The summed E-state index contributed by atoms with van der Waals surface area (Å²) in [6.45, 7) is 3.02. The molecule has 0 spiro atoms. The van der Waals surface area contributed by atoms with Gasteiger partial charge in [-0.2, -0.15) is 0 Å². The molecule has 0 bridgehead atoms. The molecule has 0 saturated heterocycles. The highest BCUT2D eigenvalue weighted by molar-refractivity contribution is 9.09. The van der Waals surface area contributed by atoms with Crippen molar-refractivity contribution in [1.29, 1.82) is 0 Å². The molecule has 1 aromatic carbocycles. The number of aliphatic imine (C=N–C) groups is 1. The number of nitrogens with one attached hydrogen (secondary N) is 1. The molecule has 1 aliphatic rings. The van der Waals surface area contributed by atoms with Crippen molar-refractivity contribution in [3.8, 4) is 0 Å². The minimum atomic E-state index is -0.291. The number of ether oxygens (including phenoxy) is 1. The molecule has 0 unspecified atom stereocenters. The first-order chi connectivity index (χ1) is 9.22. The Morgan fingerprint density at radius 1 is 1.53 bits per heavy atom. The SMILES string of the molecule is CCOC(=O)c1ccc(NC2=NC[C@H](CBr)S2)cc1. The van der Waals surface area contributed by atoms with Crippen LogP contribution in [0.25, 0.3) is 0 Å². The van der Waals surface area contributed by atoms with Gasteiger partial charge in [0, 0.05) is 16.3 Å².